The second kappa shape index (κ2) is 9.02. The normalized spacial score (nSPS) is 20.2. The van der Waals surface area contributed by atoms with Gasteiger partial charge in [-0.15, -0.1) is 11.3 Å². The average molecular weight is 485 g/mol. The minimum Gasteiger partial charge on any atom is -0.352 e. The molecule has 1 aliphatic heterocycles. The molecule has 0 radical (unpaired) electrons. The number of hydrogen-bond donors (Lipinski definition) is 1. The molecule has 0 unspecified atom stereocenters. The molecule has 33 heavy (non-hydrogen) atoms. The summed E-state index contributed by atoms with van der Waals surface area (Å²) < 4.78 is 25.9. The van der Waals surface area contributed by atoms with Crippen molar-refractivity contribution >= 4 is 38.1 Å². The van der Waals surface area contributed by atoms with E-state index in [-0.39, 0.29) is 23.5 Å². The zero-order valence-electron chi connectivity index (χ0n) is 18.7. The van der Waals surface area contributed by atoms with Crippen molar-refractivity contribution in [3.8, 4) is 10.6 Å². The van der Waals surface area contributed by atoms with Crippen molar-refractivity contribution in [3.63, 3.8) is 0 Å². The number of carbonyl (C=O) groups excluding carboxylic acids is 1. The Kier molecular flexibility index (Phi) is 6.09. The Balaban J connectivity index is 1.51. The molecular weight excluding hydrogens is 456 g/mol. The molecule has 0 saturated carbocycles. The molecule has 1 N–H and O–H groups in total. The molecule has 9 heteroatoms. The summed E-state index contributed by atoms with van der Waals surface area (Å²) in [7, 11) is -3.08. The van der Waals surface area contributed by atoms with Crippen LogP contribution in [0.5, 0.6) is 0 Å². The molecule has 3 aromatic heterocycles. The van der Waals surface area contributed by atoms with Crippen molar-refractivity contribution in [3.05, 3.63) is 46.5 Å². The molecule has 5 rings (SSSR count). The number of carbonyl (C=O) groups is 1. The monoisotopic (exact) mass is 484 g/mol. The van der Waals surface area contributed by atoms with Crippen LogP contribution in [-0.2, 0) is 9.84 Å². The predicted molar refractivity (Wildman–Crippen MR) is 131 cm³/mol. The van der Waals surface area contributed by atoms with Gasteiger partial charge in [-0.2, -0.15) is 5.10 Å². The maximum atomic E-state index is 13.3. The van der Waals surface area contributed by atoms with Crippen molar-refractivity contribution < 1.29 is 13.2 Å². The van der Waals surface area contributed by atoms with Gasteiger partial charge in [0.2, 0.25) is 0 Å². The SMILES string of the molecule is Cc1nn([C@H]2CCS(=O)(=O)C2)c2nc(-c3cccs3)cc(C(=O)NCCC3=CCCCC3)c12. The first-order chi connectivity index (χ1) is 15.9. The van der Waals surface area contributed by atoms with E-state index in [1.165, 1.54) is 18.4 Å². The van der Waals surface area contributed by atoms with Crippen LogP contribution in [-0.4, -0.2) is 47.1 Å². The van der Waals surface area contributed by atoms with Crippen LogP contribution in [0, 0.1) is 6.92 Å². The van der Waals surface area contributed by atoms with Crippen LogP contribution >= 0.6 is 11.3 Å². The molecule has 2 aliphatic rings. The highest BCUT2D eigenvalue weighted by Gasteiger charge is 2.32. The average Bonchev–Trinajstić information content (AvgIpc) is 3.53. The zero-order valence-corrected chi connectivity index (χ0v) is 20.3. The molecule has 1 aliphatic carbocycles. The quantitative estimate of drug-likeness (QED) is 0.522. The van der Waals surface area contributed by atoms with E-state index in [2.05, 4.69) is 16.5 Å². The first kappa shape index (κ1) is 22.3. The summed E-state index contributed by atoms with van der Waals surface area (Å²) in [5, 5.41) is 10.4. The van der Waals surface area contributed by atoms with Gasteiger partial charge >= 0.3 is 0 Å². The number of amides is 1. The lowest BCUT2D eigenvalue weighted by Crippen LogP contribution is -2.25. The third-order valence-electron chi connectivity index (χ3n) is 6.53. The van der Waals surface area contributed by atoms with Crippen LogP contribution in [0.15, 0.2) is 35.2 Å². The summed E-state index contributed by atoms with van der Waals surface area (Å²) in [4.78, 5) is 19.1. The smallest absolute Gasteiger partial charge is 0.252 e. The fourth-order valence-corrected chi connectivity index (χ4v) is 7.21. The van der Waals surface area contributed by atoms with E-state index in [1.807, 2.05) is 30.5 Å². The molecule has 0 aromatic carbocycles. The van der Waals surface area contributed by atoms with Crippen molar-refractivity contribution in [1.29, 1.82) is 0 Å². The largest absolute Gasteiger partial charge is 0.352 e. The molecule has 4 heterocycles. The van der Waals surface area contributed by atoms with Crippen molar-refractivity contribution in [2.24, 2.45) is 0 Å². The lowest BCUT2D eigenvalue weighted by molar-refractivity contribution is 0.0955. The minimum atomic E-state index is -3.08. The molecule has 1 amide bonds. The number of aromatic nitrogens is 3. The Bertz CT molecular complexity index is 1320. The number of hydrogen-bond acceptors (Lipinski definition) is 6. The molecular formula is C24H28N4O3S2. The van der Waals surface area contributed by atoms with Crippen LogP contribution in [0.25, 0.3) is 21.6 Å². The summed E-state index contributed by atoms with van der Waals surface area (Å²) in [6.45, 7) is 2.45. The van der Waals surface area contributed by atoms with Crippen molar-refractivity contribution in [2.75, 3.05) is 18.1 Å². The topological polar surface area (TPSA) is 93.9 Å². The lowest BCUT2D eigenvalue weighted by Gasteiger charge is -2.14. The Morgan fingerprint density at radius 2 is 2.21 bits per heavy atom. The van der Waals surface area contributed by atoms with Crippen molar-refractivity contribution in [1.82, 2.24) is 20.1 Å². The number of pyridine rings is 1. The van der Waals surface area contributed by atoms with Gasteiger partial charge in [0.25, 0.3) is 5.91 Å². The highest BCUT2D eigenvalue weighted by atomic mass is 32.2. The van der Waals surface area contributed by atoms with E-state index in [9.17, 15) is 13.2 Å². The Labute approximate surface area is 197 Å². The number of sulfone groups is 1. The molecule has 0 bridgehead atoms. The zero-order chi connectivity index (χ0) is 23.0. The molecule has 0 spiro atoms. The molecule has 1 atom stereocenters. The Hall–Kier alpha value is -2.52. The van der Waals surface area contributed by atoms with Gasteiger partial charge in [-0.05, 0) is 63.0 Å². The minimum absolute atomic E-state index is 0.0603. The number of nitrogens with zero attached hydrogens (tertiary/aromatic N) is 3. The summed E-state index contributed by atoms with van der Waals surface area (Å²) in [5.41, 5.74) is 3.96. The van der Waals surface area contributed by atoms with Crippen LogP contribution in [0.4, 0.5) is 0 Å². The maximum absolute atomic E-state index is 13.3. The maximum Gasteiger partial charge on any atom is 0.252 e. The summed E-state index contributed by atoms with van der Waals surface area (Å²) in [6.07, 6.45) is 8.42. The van der Waals surface area contributed by atoms with Gasteiger partial charge in [0.15, 0.2) is 15.5 Å². The van der Waals surface area contributed by atoms with E-state index in [0.717, 1.165) is 24.1 Å². The summed E-state index contributed by atoms with van der Waals surface area (Å²) >= 11 is 1.56. The van der Waals surface area contributed by atoms with E-state index in [1.54, 1.807) is 16.0 Å². The van der Waals surface area contributed by atoms with Crippen LogP contribution in [0.2, 0.25) is 0 Å². The van der Waals surface area contributed by atoms with Gasteiger partial charge in [0.1, 0.15) is 0 Å². The lowest BCUT2D eigenvalue weighted by atomic mass is 9.97. The number of rotatable bonds is 6. The first-order valence-electron chi connectivity index (χ1n) is 11.5. The third kappa shape index (κ3) is 4.61. The highest BCUT2D eigenvalue weighted by molar-refractivity contribution is 7.91. The number of thiophene rings is 1. The first-order valence-corrected chi connectivity index (χ1v) is 14.2. The summed E-state index contributed by atoms with van der Waals surface area (Å²) in [6, 6.07) is 5.51. The van der Waals surface area contributed by atoms with Gasteiger partial charge in [-0.1, -0.05) is 17.7 Å². The number of allylic oxidation sites excluding steroid dienone is 1. The van der Waals surface area contributed by atoms with E-state index < -0.39 is 9.84 Å². The highest BCUT2D eigenvalue weighted by Crippen LogP contribution is 2.33. The van der Waals surface area contributed by atoms with Gasteiger partial charge in [0.05, 0.1) is 44.8 Å². The molecule has 7 nitrogen and oxygen atoms in total. The Morgan fingerprint density at radius 3 is 2.91 bits per heavy atom. The van der Waals surface area contributed by atoms with Gasteiger partial charge in [-0.25, -0.2) is 18.1 Å². The van der Waals surface area contributed by atoms with Gasteiger partial charge < -0.3 is 5.32 Å². The fourth-order valence-electron chi connectivity index (χ4n) is 4.83. The number of aryl methyl sites for hydroxylation is 1. The third-order valence-corrected chi connectivity index (χ3v) is 9.17. The molecule has 1 saturated heterocycles. The molecule has 3 aromatic rings. The second-order valence-corrected chi connectivity index (χ2v) is 12.1. The summed E-state index contributed by atoms with van der Waals surface area (Å²) in [5.74, 6) is 0.0784. The molecule has 1 fully saturated rings. The van der Waals surface area contributed by atoms with Gasteiger partial charge in [0, 0.05) is 6.54 Å². The van der Waals surface area contributed by atoms with E-state index in [4.69, 9.17) is 4.98 Å². The Morgan fingerprint density at radius 1 is 1.33 bits per heavy atom. The van der Waals surface area contributed by atoms with Crippen LogP contribution in [0.1, 0.15) is 60.6 Å². The molecule has 174 valence electrons. The second-order valence-electron chi connectivity index (χ2n) is 8.93. The standard InChI is InChI=1S/C24H28N4O3S2/c1-16-22-19(24(29)25-11-9-17-6-3-2-4-7-17)14-20(21-8-5-12-32-21)26-23(22)28(27-16)18-10-13-33(30,31)15-18/h5-6,8,12,14,18H,2-4,7,9-11,13,15H2,1H3,(H,25,29)/t18-/m0/s1. The number of nitrogens with one attached hydrogen (secondary N) is 1. The van der Waals surface area contributed by atoms with Crippen LogP contribution < -0.4 is 5.32 Å². The van der Waals surface area contributed by atoms with Crippen LogP contribution in [0.3, 0.4) is 0 Å². The van der Waals surface area contributed by atoms with E-state index >= 15 is 0 Å². The predicted octanol–water partition coefficient (Wildman–Crippen LogP) is 4.45. The number of fused-ring (bicyclic) bond motifs is 1. The van der Waals surface area contributed by atoms with E-state index in [0.29, 0.717) is 41.0 Å². The van der Waals surface area contributed by atoms with Gasteiger partial charge in [-0.3, -0.25) is 4.79 Å². The fraction of sp³-hybridized carbons (Fsp3) is 0.458. The van der Waals surface area contributed by atoms with Crippen molar-refractivity contribution in [2.45, 2.75) is 51.5 Å².